The van der Waals surface area contributed by atoms with Gasteiger partial charge < -0.3 is 10.0 Å². The number of carboxylic acids is 1. The van der Waals surface area contributed by atoms with Gasteiger partial charge in [-0.1, -0.05) is 30.3 Å². The molecule has 1 heterocycles. The van der Waals surface area contributed by atoms with E-state index in [2.05, 4.69) is 0 Å². The van der Waals surface area contributed by atoms with Crippen LogP contribution in [0.3, 0.4) is 0 Å². The fraction of sp³-hybridized carbons (Fsp3) is 0.300. The van der Waals surface area contributed by atoms with Gasteiger partial charge in [0.05, 0.1) is 10.5 Å². The van der Waals surface area contributed by atoms with Crippen LogP contribution in [0.4, 0.5) is 5.69 Å². The summed E-state index contributed by atoms with van der Waals surface area (Å²) in [5.41, 5.74) is 0.597. The first-order chi connectivity index (χ1) is 13.0. The zero-order chi connectivity index (χ0) is 19.4. The van der Waals surface area contributed by atoms with Crippen LogP contribution in [0.2, 0.25) is 0 Å². The first kappa shape index (κ1) is 18.6. The van der Waals surface area contributed by atoms with Gasteiger partial charge in [0.25, 0.3) is 11.6 Å². The number of nitro groups is 1. The van der Waals surface area contributed by atoms with Crippen LogP contribution in [0, 0.1) is 10.1 Å². The molecule has 7 heteroatoms. The zero-order valence-corrected chi connectivity index (χ0v) is 14.7. The molecule has 2 aromatic carbocycles. The Kier molecular flexibility index (Phi) is 5.49. The van der Waals surface area contributed by atoms with E-state index in [-0.39, 0.29) is 23.1 Å². The third-order valence-corrected chi connectivity index (χ3v) is 4.87. The van der Waals surface area contributed by atoms with Crippen LogP contribution in [0.25, 0.3) is 0 Å². The fourth-order valence-corrected chi connectivity index (χ4v) is 3.51. The van der Waals surface area contributed by atoms with Crippen LogP contribution >= 0.6 is 0 Å². The van der Waals surface area contributed by atoms with E-state index < -0.39 is 16.6 Å². The molecule has 0 spiro atoms. The summed E-state index contributed by atoms with van der Waals surface area (Å²) in [6.07, 6.45) is 3.38. The number of hydrogen-bond acceptors (Lipinski definition) is 4. The molecule has 0 saturated carbocycles. The highest BCUT2D eigenvalue weighted by Crippen LogP contribution is 2.26. The minimum absolute atomic E-state index is 0.0465. The number of aryl methyl sites for hydroxylation is 1. The van der Waals surface area contributed by atoms with Crippen molar-refractivity contribution in [3.8, 4) is 0 Å². The van der Waals surface area contributed by atoms with E-state index in [1.54, 1.807) is 4.90 Å². The standard InChI is InChI=1S/C20H20N2O5/c23-19(15-11-16(20(24)25)13-18(12-15)22(26)27)21-10-4-7-17(21)9-8-14-5-2-1-3-6-14/h1-3,5-6,11-13,17H,4,7-10H2,(H,24,25). The Hall–Kier alpha value is -3.22. The molecule has 2 aromatic rings. The molecule has 0 radical (unpaired) electrons. The average Bonchev–Trinajstić information content (AvgIpc) is 3.14. The smallest absolute Gasteiger partial charge is 0.335 e. The maximum atomic E-state index is 12.9. The van der Waals surface area contributed by atoms with Crippen molar-refractivity contribution in [2.75, 3.05) is 6.54 Å². The zero-order valence-electron chi connectivity index (χ0n) is 14.7. The number of non-ortho nitro benzene ring substituents is 1. The second kappa shape index (κ2) is 7.99. The van der Waals surface area contributed by atoms with E-state index in [9.17, 15) is 24.8 Å². The number of carbonyl (C=O) groups excluding carboxylic acids is 1. The van der Waals surface area contributed by atoms with Gasteiger partial charge in [-0.2, -0.15) is 0 Å². The van der Waals surface area contributed by atoms with Crippen molar-refractivity contribution in [1.82, 2.24) is 4.90 Å². The predicted octanol–water partition coefficient (Wildman–Crippen LogP) is 3.53. The molecule has 0 aromatic heterocycles. The molecule has 0 bridgehead atoms. The molecule has 1 aliphatic rings. The van der Waals surface area contributed by atoms with E-state index in [0.29, 0.717) is 6.54 Å². The van der Waals surface area contributed by atoms with Crippen molar-refractivity contribution < 1.29 is 19.6 Å². The Morgan fingerprint density at radius 3 is 2.52 bits per heavy atom. The number of amides is 1. The summed E-state index contributed by atoms with van der Waals surface area (Å²) in [4.78, 5) is 36.3. The Balaban J connectivity index is 1.79. The van der Waals surface area contributed by atoms with Crippen LogP contribution in [-0.4, -0.2) is 39.4 Å². The monoisotopic (exact) mass is 368 g/mol. The molecule has 3 rings (SSSR count). The maximum absolute atomic E-state index is 12.9. The molecule has 27 heavy (non-hydrogen) atoms. The second-order valence-corrected chi connectivity index (χ2v) is 6.65. The van der Waals surface area contributed by atoms with Crippen LogP contribution < -0.4 is 0 Å². The molecule has 1 fully saturated rings. The minimum atomic E-state index is -1.30. The van der Waals surface area contributed by atoms with Gasteiger partial charge in [-0.05, 0) is 37.3 Å². The molecule has 1 unspecified atom stereocenters. The maximum Gasteiger partial charge on any atom is 0.335 e. The van der Waals surface area contributed by atoms with Gasteiger partial charge in [-0.15, -0.1) is 0 Å². The normalized spacial score (nSPS) is 16.3. The molecular weight excluding hydrogens is 348 g/mol. The van der Waals surface area contributed by atoms with Crippen LogP contribution in [0.1, 0.15) is 45.5 Å². The number of benzene rings is 2. The number of carbonyl (C=O) groups is 2. The van der Waals surface area contributed by atoms with Crippen molar-refractivity contribution in [1.29, 1.82) is 0 Å². The summed E-state index contributed by atoms with van der Waals surface area (Å²) in [5, 5.41) is 20.3. The van der Waals surface area contributed by atoms with Crippen LogP contribution in [0.15, 0.2) is 48.5 Å². The van der Waals surface area contributed by atoms with Gasteiger partial charge >= 0.3 is 5.97 Å². The Morgan fingerprint density at radius 2 is 1.85 bits per heavy atom. The van der Waals surface area contributed by atoms with Gasteiger partial charge in [0, 0.05) is 30.3 Å². The quantitative estimate of drug-likeness (QED) is 0.621. The van der Waals surface area contributed by atoms with Gasteiger partial charge in [-0.25, -0.2) is 4.79 Å². The summed E-state index contributed by atoms with van der Waals surface area (Å²) in [6.45, 7) is 0.573. The lowest BCUT2D eigenvalue weighted by Gasteiger charge is -2.25. The molecular formula is C20H20N2O5. The van der Waals surface area contributed by atoms with E-state index in [4.69, 9.17) is 0 Å². The second-order valence-electron chi connectivity index (χ2n) is 6.65. The number of hydrogen-bond donors (Lipinski definition) is 1. The van der Waals surface area contributed by atoms with E-state index in [0.717, 1.165) is 37.8 Å². The number of nitrogens with zero attached hydrogens (tertiary/aromatic N) is 2. The number of nitro benzene ring substituents is 1. The fourth-order valence-electron chi connectivity index (χ4n) is 3.51. The molecule has 1 N–H and O–H groups in total. The van der Waals surface area contributed by atoms with Gasteiger partial charge in [-0.3, -0.25) is 14.9 Å². The van der Waals surface area contributed by atoms with Gasteiger partial charge in [0.2, 0.25) is 0 Å². The topological polar surface area (TPSA) is 101 Å². The highest BCUT2D eigenvalue weighted by Gasteiger charge is 2.30. The number of aromatic carboxylic acids is 1. The predicted molar refractivity (Wildman–Crippen MR) is 98.9 cm³/mol. The number of carboxylic acid groups (broad SMARTS) is 1. The van der Waals surface area contributed by atoms with Crippen molar-refractivity contribution in [2.24, 2.45) is 0 Å². The molecule has 1 atom stereocenters. The molecule has 140 valence electrons. The van der Waals surface area contributed by atoms with Crippen LogP contribution in [0.5, 0.6) is 0 Å². The SMILES string of the molecule is O=C(O)c1cc(C(=O)N2CCCC2CCc2ccccc2)cc([N+](=O)[O-])c1. The summed E-state index contributed by atoms with van der Waals surface area (Å²) in [7, 11) is 0. The minimum Gasteiger partial charge on any atom is -0.478 e. The molecule has 1 amide bonds. The lowest BCUT2D eigenvalue weighted by atomic mass is 10.0. The Morgan fingerprint density at radius 1 is 1.15 bits per heavy atom. The van der Waals surface area contributed by atoms with Crippen molar-refractivity contribution >= 4 is 17.6 Å². The van der Waals surface area contributed by atoms with Crippen molar-refractivity contribution in [3.63, 3.8) is 0 Å². The average molecular weight is 368 g/mol. The molecule has 1 saturated heterocycles. The summed E-state index contributed by atoms with van der Waals surface area (Å²) < 4.78 is 0. The summed E-state index contributed by atoms with van der Waals surface area (Å²) >= 11 is 0. The van der Waals surface area contributed by atoms with Gasteiger partial charge in [0.15, 0.2) is 0 Å². The van der Waals surface area contributed by atoms with Crippen molar-refractivity contribution in [3.05, 3.63) is 75.3 Å². The number of likely N-dealkylation sites (tertiary alicyclic amines) is 1. The van der Waals surface area contributed by atoms with Crippen molar-refractivity contribution in [2.45, 2.75) is 31.7 Å². The Labute approximate surface area is 156 Å². The highest BCUT2D eigenvalue weighted by atomic mass is 16.6. The van der Waals surface area contributed by atoms with E-state index in [1.807, 2.05) is 30.3 Å². The lowest BCUT2D eigenvalue weighted by Crippen LogP contribution is -2.36. The van der Waals surface area contributed by atoms with Crippen LogP contribution in [-0.2, 0) is 6.42 Å². The number of rotatable bonds is 6. The third-order valence-electron chi connectivity index (χ3n) is 4.87. The first-order valence-electron chi connectivity index (χ1n) is 8.83. The van der Waals surface area contributed by atoms with E-state index in [1.165, 1.54) is 11.6 Å². The largest absolute Gasteiger partial charge is 0.478 e. The highest BCUT2D eigenvalue weighted by molar-refractivity contribution is 5.98. The lowest BCUT2D eigenvalue weighted by molar-refractivity contribution is -0.384. The Bertz CT molecular complexity index is 834. The molecule has 0 aliphatic carbocycles. The molecule has 1 aliphatic heterocycles. The summed E-state index contributed by atoms with van der Waals surface area (Å²) in [6, 6.07) is 13.4. The third kappa shape index (κ3) is 4.31. The summed E-state index contributed by atoms with van der Waals surface area (Å²) in [5.74, 6) is -1.65. The van der Waals surface area contributed by atoms with E-state index >= 15 is 0 Å². The van der Waals surface area contributed by atoms with Gasteiger partial charge in [0.1, 0.15) is 0 Å². The molecule has 7 nitrogen and oxygen atoms in total. The first-order valence-corrected chi connectivity index (χ1v) is 8.83.